The van der Waals surface area contributed by atoms with Gasteiger partial charge >= 0.3 is 0 Å². The quantitative estimate of drug-likeness (QED) is 0.709. The Kier molecular flexibility index (Phi) is 6.98. The molecule has 0 aliphatic carbocycles. The van der Waals surface area contributed by atoms with Crippen molar-refractivity contribution in [1.82, 2.24) is 9.80 Å². The average Bonchev–Trinajstić information content (AvgIpc) is 3.16. The van der Waals surface area contributed by atoms with Gasteiger partial charge in [0.1, 0.15) is 0 Å². The zero-order valence-corrected chi connectivity index (χ0v) is 18.3. The van der Waals surface area contributed by atoms with Gasteiger partial charge in [-0.25, -0.2) is 0 Å². The van der Waals surface area contributed by atoms with Crippen LogP contribution in [0.3, 0.4) is 0 Å². The summed E-state index contributed by atoms with van der Waals surface area (Å²) in [5.41, 5.74) is 1.71. The van der Waals surface area contributed by atoms with Gasteiger partial charge in [0.2, 0.25) is 11.8 Å². The molecule has 0 radical (unpaired) electrons. The number of anilines is 1. The van der Waals surface area contributed by atoms with E-state index in [4.69, 9.17) is 4.74 Å². The number of fused-ring (bicyclic) bond motifs is 1. The van der Waals surface area contributed by atoms with Crippen LogP contribution in [0.1, 0.15) is 24.8 Å². The largest absolute Gasteiger partial charge is 0.392 e. The second kappa shape index (κ2) is 9.68. The van der Waals surface area contributed by atoms with Gasteiger partial charge in [-0.1, -0.05) is 6.07 Å². The van der Waals surface area contributed by atoms with Gasteiger partial charge in [0.05, 0.1) is 24.0 Å². The maximum absolute atomic E-state index is 13.2. The number of benzene rings is 1. The first-order valence-electron chi connectivity index (χ1n) is 10.8. The maximum Gasteiger partial charge on any atom is 0.234 e. The zero-order chi connectivity index (χ0) is 21.1. The van der Waals surface area contributed by atoms with Crippen molar-refractivity contribution in [2.45, 2.75) is 42.7 Å². The van der Waals surface area contributed by atoms with Crippen molar-refractivity contribution in [3.05, 3.63) is 23.8 Å². The lowest BCUT2D eigenvalue weighted by Gasteiger charge is -2.39. The van der Waals surface area contributed by atoms with E-state index in [-0.39, 0.29) is 24.0 Å². The number of hydrogen-bond donors (Lipinski definition) is 2. The lowest BCUT2D eigenvalue weighted by Crippen LogP contribution is -2.50. The molecule has 2 saturated heterocycles. The van der Waals surface area contributed by atoms with E-state index in [0.29, 0.717) is 24.6 Å². The Morgan fingerprint density at radius 1 is 1.37 bits per heavy atom. The van der Waals surface area contributed by atoms with Crippen LogP contribution in [0.25, 0.3) is 0 Å². The van der Waals surface area contributed by atoms with Crippen molar-refractivity contribution < 1.29 is 19.4 Å². The molecule has 7 nitrogen and oxygen atoms in total. The Hall–Kier alpha value is -1.61. The summed E-state index contributed by atoms with van der Waals surface area (Å²) < 4.78 is 5.54. The van der Waals surface area contributed by atoms with E-state index in [1.54, 1.807) is 0 Å². The van der Waals surface area contributed by atoms with Crippen LogP contribution in [-0.2, 0) is 20.7 Å². The summed E-state index contributed by atoms with van der Waals surface area (Å²) in [6.45, 7) is 3.85. The van der Waals surface area contributed by atoms with Crippen LogP contribution in [0, 0.1) is 5.92 Å². The fourth-order valence-electron chi connectivity index (χ4n) is 4.66. The number of amides is 2. The molecule has 0 spiro atoms. The van der Waals surface area contributed by atoms with Gasteiger partial charge in [-0.3, -0.25) is 14.5 Å². The van der Waals surface area contributed by atoms with Crippen LogP contribution in [0.5, 0.6) is 0 Å². The summed E-state index contributed by atoms with van der Waals surface area (Å²) in [5, 5.41) is 12.8. The predicted molar refractivity (Wildman–Crippen MR) is 117 cm³/mol. The van der Waals surface area contributed by atoms with Crippen molar-refractivity contribution in [3.8, 4) is 0 Å². The maximum atomic E-state index is 13.2. The molecular weight excluding hydrogens is 402 g/mol. The second-order valence-corrected chi connectivity index (χ2v) is 9.59. The van der Waals surface area contributed by atoms with E-state index in [9.17, 15) is 14.7 Å². The third kappa shape index (κ3) is 5.17. The molecule has 3 aliphatic heterocycles. The lowest BCUT2D eigenvalue weighted by molar-refractivity contribution is -0.133. The molecule has 8 heteroatoms. The van der Waals surface area contributed by atoms with E-state index >= 15 is 0 Å². The number of likely N-dealkylation sites (N-methyl/N-ethyl adjacent to an activating group) is 1. The van der Waals surface area contributed by atoms with Crippen LogP contribution in [0.2, 0.25) is 0 Å². The van der Waals surface area contributed by atoms with E-state index in [2.05, 4.69) is 10.2 Å². The monoisotopic (exact) mass is 433 g/mol. The molecule has 1 unspecified atom stereocenters. The fourth-order valence-corrected chi connectivity index (χ4v) is 5.44. The highest BCUT2D eigenvalue weighted by Crippen LogP contribution is 2.32. The minimum absolute atomic E-state index is 0.000441. The van der Waals surface area contributed by atoms with Crippen molar-refractivity contribution >= 4 is 29.3 Å². The minimum Gasteiger partial charge on any atom is -0.392 e. The van der Waals surface area contributed by atoms with E-state index in [1.165, 1.54) is 11.8 Å². The SMILES string of the molecule is CN(C(=O)Cc1ccc2c(c1)NC(=O)CS2)C(CN1CC[C@@H](O)C1)C1CCOCC1. The van der Waals surface area contributed by atoms with Gasteiger partial charge in [0.25, 0.3) is 0 Å². The number of thioether (sulfide) groups is 1. The smallest absolute Gasteiger partial charge is 0.234 e. The second-order valence-electron chi connectivity index (χ2n) is 8.57. The predicted octanol–water partition coefficient (Wildman–Crippen LogP) is 1.59. The molecule has 30 heavy (non-hydrogen) atoms. The van der Waals surface area contributed by atoms with Crippen LogP contribution in [-0.4, -0.2) is 84.5 Å². The van der Waals surface area contributed by atoms with Crippen molar-refractivity contribution in [1.29, 1.82) is 0 Å². The normalized spacial score (nSPS) is 23.7. The van der Waals surface area contributed by atoms with Gasteiger partial charge in [-0.15, -0.1) is 11.8 Å². The summed E-state index contributed by atoms with van der Waals surface area (Å²) in [4.78, 5) is 30.1. The summed E-state index contributed by atoms with van der Waals surface area (Å²) >= 11 is 1.53. The fraction of sp³-hybridized carbons (Fsp3) is 0.636. The number of nitrogens with zero attached hydrogens (tertiary/aromatic N) is 2. The Morgan fingerprint density at radius 2 is 2.17 bits per heavy atom. The summed E-state index contributed by atoms with van der Waals surface area (Å²) in [5.74, 6) is 0.928. The topological polar surface area (TPSA) is 82.1 Å². The molecule has 1 aromatic carbocycles. The number of nitrogens with one attached hydrogen (secondary N) is 1. The molecular formula is C22H31N3O4S. The number of carbonyl (C=O) groups is 2. The van der Waals surface area contributed by atoms with Gasteiger partial charge in [0.15, 0.2) is 0 Å². The Bertz CT molecular complexity index is 784. The third-order valence-corrected chi connectivity index (χ3v) is 7.50. The number of aliphatic hydroxyl groups is 1. The van der Waals surface area contributed by atoms with Gasteiger partial charge in [0, 0.05) is 50.8 Å². The van der Waals surface area contributed by atoms with Crippen LogP contribution in [0.4, 0.5) is 5.69 Å². The molecule has 0 aromatic heterocycles. The Balaban J connectivity index is 1.44. The Morgan fingerprint density at radius 3 is 2.90 bits per heavy atom. The molecule has 4 rings (SSSR count). The number of ether oxygens (including phenoxy) is 1. The molecule has 1 aromatic rings. The molecule has 0 saturated carbocycles. The first-order valence-corrected chi connectivity index (χ1v) is 11.8. The third-order valence-electron chi connectivity index (χ3n) is 6.43. The zero-order valence-electron chi connectivity index (χ0n) is 17.5. The summed E-state index contributed by atoms with van der Waals surface area (Å²) in [6.07, 6.45) is 2.77. The average molecular weight is 434 g/mol. The molecule has 164 valence electrons. The number of rotatable bonds is 6. The number of likely N-dealkylation sites (tertiary alicyclic amines) is 1. The molecule has 3 aliphatic rings. The molecule has 2 N–H and O–H groups in total. The highest BCUT2D eigenvalue weighted by molar-refractivity contribution is 8.00. The van der Waals surface area contributed by atoms with Crippen LogP contribution >= 0.6 is 11.8 Å². The number of aliphatic hydroxyl groups excluding tert-OH is 1. The lowest BCUT2D eigenvalue weighted by atomic mass is 9.90. The van der Waals surface area contributed by atoms with E-state index < -0.39 is 0 Å². The summed E-state index contributed by atoms with van der Waals surface area (Å²) in [7, 11) is 1.91. The van der Waals surface area contributed by atoms with Gasteiger partial charge in [-0.05, 0) is 42.9 Å². The van der Waals surface area contributed by atoms with Crippen molar-refractivity contribution in [2.75, 3.05) is 51.0 Å². The number of carbonyl (C=O) groups excluding carboxylic acids is 2. The van der Waals surface area contributed by atoms with Crippen LogP contribution < -0.4 is 5.32 Å². The molecule has 2 fully saturated rings. The van der Waals surface area contributed by atoms with Gasteiger partial charge in [-0.2, -0.15) is 0 Å². The molecule has 2 atom stereocenters. The number of β-amino-alcohol motifs (C(OH)–C–C–N with tert-alkyl or cyclic N) is 1. The first-order chi connectivity index (χ1) is 14.5. The van der Waals surface area contributed by atoms with Gasteiger partial charge < -0.3 is 20.1 Å². The highest BCUT2D eigenvalue weighted by atomic mass is 32.2. The highest BCUT2D eigenvalue weighted by Gasteiger charge is 2.33. The Labute approximate surface area is 182 Å². The summed E-state index contributed by atoms with van der Waals surface area (Å²) in [6, 6.07) is 6.00. The first kappa shape index (κ1) is 21.6. The van der Waals surface area contributed by atoms with Crippen molar-refractivity contribution in [3.63, 3.8) is 0 Å². The van der Waals surface area contributed by atoms with E-state index in [0.717, 1.165) is 61.7 Å². The molecule has 2 amide bonds. The standard InChI is InChI=1S/C22H31N3O4S/c1-24(19(16-5-8-29-9-6-16)13-25-7-4-17(26)12-25)22(28)11-15-2-3-20-18(10-15)23-21(27)14-30-20/h2-3,10,16-17,19,26H,4-9,11-14H2,1H3,(H,23,27)/t17-,19?/m1/s1. The van der Waals surface area contributed by atoms with Crippen molar-refractivity contribution in [2.24, 2.45) is 5.92 Å². The number of hydrogen-bond acceptors (Lipinski definition) is 6. The minimum atomic E-state index is -0.259. The van der Waals surface area contributed by atoms with Crippen LogP contribution in [0.15, 0.2) is 23.1 Å². The van der Waals surface area contributed by atoms with E-state index in [1.807, 2.05) is 30.1 Å². The molecule has 0 bridgehead atoms. The molecule has 3 heterocycles.